The van der Waals surface area contributed by atoms with E-state index in [1.54, 1.807) is 17.0 Å². The Bertz CT molecular complexity index is 903. The Kier molecular flexibility index (Phi) is 4.93. The van der Waals surface area contributed by atoms with Crippen LogP contribution < -0.4 is 0 Å². The van der Waals surface area contributed by atoms with Crippen LogP contribution in [0.5, 0.6) is 0 Å². The molecule has 1 aromatic heterocycles. The number of carbonyl (C=O) groups is 1. The summed E-state index contributed by atoms with van der Waals surface area (Å²) in [7, 11) is 0. The Balaban J connectivity index is 1.36. The highest BCUT2D eigenvalue weighted by Crippen LogP contribution is 2.19. The molecule has 0 atom stereocenters. The summed E-state index contributed by atoms with van der Waals surface area (Å²) in [6.45, 7) is 3.68. The van der Waals surface area contributed by atoms with Crippen LogP contribution in [0.3, 0.4) is 0 Å². The van der Waals surface area contributed by atoms with Crippen molar-refractivity contribution >= 4 is 5.91 Å². The lowest BCUT2D eigenvalue weighted by molar-refractivity contribution is 0.0590. The molecule has 0 N–H and O–H groups in total. The fourth-order valence-corrected chi connectivity index (χ4v) is 3.10. The molecule has 6 nitrogen and oxygen atoms in total. The Morgan fingerprint density at radius 2 is 1.67 bits per heavy atom. The summed E-state index contributed by atoms with van der Waals surface area (Å²) in [5, 5.41) is 7.77. The number of hydrogen-bond acceptors (Lipinski definition) is 5. The molecule has 4 rings (SSSR count). The molecule has 0 spiro atoms. The largest absolute Gasteiger partial charge is 0.412 e. The Labute approximate surface area is 156 Å². The van der Waals surface area contributed by atoms with E-state index in [1.165, 1.54) is 17.7 Å². The SMILES string of the molecule is O=C(c1nnc(-c2ccc(F)cc2)o1)N1CCN(Cc2ccccc2)CC1. The first-order valence-corrected chi connectivity index (χ1v) is 8.84. The van der Waals surface area contributed by atoms with Crippen molar-refractivity contribution < 1.29 is 13.6 Å². The van der Waals surface area contributed by atoms with Crippen LogP contribution in [0.1, 0.15) is 16.2 Å². The van der Waals surface area contributed by atoms with Gasteiger partial charge < -0.3 is 9.32 Å². The van der Waals surface area contributed by atoms with Gasteiger partial charge in [-0.3, -0.25) is 9.69 Å². The molecule has 0 saturated carbocycles. The van der Waals surface area contributed by atoms with Crippen molar-refractivity contribution in [3.63, 3.8) is 0 Å². The number of rotatable bonds is 4. The molecule has 3 aromatic rings. The molecule has 1 aliphatic heterocycles. The van der Waals surface area contributed by atoms with Gasteiger partial charge in [0, 0.05) is 38.3 Å². The third-order valence-electron chi connectivity index (χ3n) is 4.61. The highest BCUT2D eigenvalue weighted by Gasteiger charge is 2.26. The van der Waals surface area contributed by atoms with Crippen molar-refractivity contribution in [2.45, 2.75) is 6.54 Å². The van der Waals surface area contributed by atoms with Crippen LogP contribution in [-0.2, 0) is 6.54 Å². The lowest BCUT2D eigenvalue weighted by atomic mass is 10.2. The predicted octanol–water partition coefficient (Wildman–Crippen LogP) is 2.83. The maximum atomic E-state index is 13.0. The molecule has 27 heavy (non-hydrogen) atoms. The maximum Gasteiger partial charge on any atom is 0.311 e. The second-order valence-corrected chi connectivity index (χ2v) is 6.47. The van der Waals surface area contributed by atoms with Gasteiger partial charge >= 0.3 is 11.8 Å². The minimum atomic E-state index is -0.345. The third-order valence-corrected chi connectivity index (χ3v) is 4.61. The van der Waals surface area contributed by atoms with Gasteiger partial charge in [0.2, 0.25) is 5.89 Å². The van der Waals surface area contributed by atoms with Gasteiger partial charge in [0.05, 0.1) is 0 Å². The third kappa shape index (κ3) is 4.03. The summed E-state index contributed by atoms with van der Waals surface area (Å²) in [5.74, 6) is -0.440. The molecule has 0 bridgehead atoms. The van der Waals surface area contributed by atoms with Crippen LogP contribution in [-0.4, -0.2) is 52.1 Å². The summed E-state index contributed by atoms with van der Waals surface area (Å²) >= 11 is 0. The van der Waals surface area contributed by atoms with Gasteiger partial charge in [0.1, 0.15) is 5.82 Å². The average molecular weight is 366 g/mol. The molecule has 0 unspecified atom stereocenters. The number of benzene rings is 2. The molecule has 0 radical (unpaired) electrons. The van der Waals surface area contributed by atoms with Crippen LogP contribution >= 0.6 is 0 Å². The highest BCUT2D eigenvalue weighted by atomic mass is 19.1. The van der Waals surface area contributed by atoms with E-state index in [2.05, 4.69) is 27.2 Å². The summed E-state index contributed by atoms with van der Waals surface area (Å²) < 4.78 is 18.5. The average Bonchev–Trinajstić information content (AvgIpc) is 3.20. The van der Waals surface area contributed by atoms with E-state index in [-0.39, 0.29) is 23.5 Å². The lowest BCUT2D eigenvalue weighted by Crippen LogP contribution is -2.48. The molecule has 1 amide bonds. The van der Waals surface area contributed by atoms with E-state index in [0.717, 1.165) is 19.6 Å². The van der Waals surface area contributed by atoms with E-state index >= 15 is 0 Å². The molecular formula is C20H19FN4O2. The molecule has 0 aliphatic carbocycles. The number of nitrogens with zero attached hydrogens (tertiary/aromatic N) is 4. The molecule has 1 aliphatic rings. The molecule has 2 aromatic carbocycles. The normalized spacial score (nSPS) is 15.1. The van der Waals surface area contributed by atoms with Crippen molar-refractivity contribution in [3.05, 3.63) is 71.9 Å². The molecule has 2 heterocycles. The van der Waals surface area contributed by atoms with E-state index in [9.17, 15) is 9.18 Å². The topological polar surface area (TPSA) is 62.5 Å². The number of hydrogen-bond donors (Lipinski definition) is 0. The number of halogens is 1. The molecule has 1 fully saturated rings. The maximum absolute atomic E-state index is 13.0. The van der Waals surface area contributed by atoms with Gasteiger partial charge in [0.25, 0.3) is 0 Å². The second-order valence-electron chi connectivity index (χ2n) is 6.47. The molecule has 1 saturated heterocycles. The van der Waals surface area contributed by atoms with E-state index in [4.69, 9.17) is 4.42 Å². The first-order chi connectivity index (χ1) is 13.2. The van der Waals surface area contributed by atoms with Crippen molar-refractivity contribution in [2.75, 3.05) is 26.2 Å². The first kappa shape index (κ1) is 17.4. The fraction of sp³-hybridized carbons (Fsp3) is 0.250. The van der Waals surface area contributed by atoms with Crippen LogP contribution in [0.4, 0.5) is 4.39 Å². The standard InChI is InChI=1S/C20H19FN4O2/c21-17-8-6-16(7-9-17)18-22-23-19(27-18)20(26)25-12-10-24(11-13-25)14-15-4-2-1-3-5-15/h1-9H,10-14H2. The minimum absolute atomic E-state index is 0.0363. The fourth-order valence-electron chi connectivity index (χ4n) is 3.10. The van der Waals surface area contributed by atoms with Gasteiger partial charge in [-0.1, -0.05) is 30.3 Å². The Morgan fingerprint density at radius 1 is 0.963 bits per heavy atom. The lowest BCUT2D eigenvalue weighted by Gasteiger charge is -2.34. The molecule has 138 valence electrons. The zero-order valence-electron chi connectivity index (χ0n) is 14.7. The molecule has 7 heteroatoms. The van der Waals surface area contributed by atoms with Crippen LogP contribution in [0.15, 0.2) is 59.0 Å². The van der Waals surface area contributed by atoms with Crippen LogP contribution in [0, 0.1) is 5.82 Å². The quantitative estimate of drug-likeness (QED) is 0.711. The van der Waals surface area contributed by atoms with Crippen molar-refractivity contribution in [3.8, 4) is 11.5 Å². The van der Waals surface area contributed by atoms with Gasteiger partial charge in [0.15, 0.2) is 0 Å². The number of aromatic nitrogens is 2. The number of amides is 1. The van der Waals surface area contributed by atoms with E-state index < -0.39 is 0 Å². The van der Waals surface area contributed by atoms with Crippen LogP contribution in [0.2, 0.25) is 0 Å². The number of carbonyl (C=O) groups excluding carboxylic acids is 1. The summed E-state index contributed by atoms with van der Waals surface area (Å²) in [6, 6.07) is 16.0. The van der Waals surface area contributed by atoms with Gasteiger partial charge in [-0.25, -0.2) is 4.39 Å². The first-order valence-electron chi connectivity index (χ1n) is 8.84. The van der Waals surface area contributed by atoms with Crippen LogP contribution in [0.25, 0.3) is 11.5 Å². The van der Waals surface area contributed by atoms with E-state index in [1.807, 2.05) is 18.2 Å². The minimum Gasteiger partial charge on any atom is -0.412 e. The highest BCUT2D eigenvalue weighted by molar-refractivity contribution is 5.89. The number of piperazine rings is 1. The van der Waals surface area contributed by atoms with Crippen molar-refractivity contribution in [1.82, 2.24) is 20.0 Å². The van der Waals surface area contributed by atoms with Crippen molar-refractivity contribution in [2.24, 2.45) is 0 Å². The monoisotopic (exact) mass is 366 g/mol. The Hall–Kier alpha value is -3.06. The van der Waals surface area contributed by atoms with Gasteiger partial charge in [-0.05, 0) is 29.8 Å². The zero-order valence-corrected chi connectivity index (χ0v) is 14.7. The second kappa shape index (κ2) is 7.67. The van der Waals surface area contributed by atoms with Crippen molar-refractivity contribution in [1.29, 1.82) is 0 Å². The van der Waals surface area contributed by atoms with Gasteiger partial charge in [-0.2, -0.15) is 0 Å². The van der Waals surface area contributed by atoms with Gasteiger partial charge in [-0.15, -0.1) is 10.2 Å². The predicted molar refractivity (Wildman–Crippen MR) is 97.3 cm³/mol. The summed E-state index contributed by atoms with van der Waals surface area (Å²) in [5.41, 5.74) is 1.84. The van der Waals surface area contributed by atoms with E-state index in [0.29, 0.717) is 18.7 Å². The Morgan fingerprint density at radius 3 is 2.37 bits per heavy atom. The summed E-state index contributed by atoms with van der Waals surface area (Å²) in [6.07, 6.45) is 0. The summed E-state index contributed by atoms with van der Waals surface area (Å²) in [4.78, 5) is 16.7. The molecular weight excluding hydrogens is 347 g/mol. The zero-order chi connectivity index (χ0) is 18.6. The smallest absolute Gasteiger partial charge is 0.311 e.